The standard InChI is InChI=1S/C13H15NS2/c1-9-6-5-7-10(2)11(9)12(15)16-13(3,4)8-14/h5-7H,1-4H3. The van der Waals surface area contributed by atoms with Gasteiger partial charge in [0.15, 0.2) is 0 Å². The van der Waals surface area contributed by atoms with Gasteiger partial charge in [0.1, 0.15) is 4.75 Å². The fraction of sp³-hybridized carbons (Fsp3) is 0.385. The minimum Gasteiger partial charge on any atom is -0.197 e. The summed E-state index contributed by atoms with van der Waals surface area (Å²) in [6, 6.07) is 8.38. The lowest BCUT2D eigenvalue weighted by Crippen LogP contribution is -2.15. The molecule has 0 aromatic heterocycles. The Kier molecular flexibility index (Phi) is 4.12. The van der Waals surface area contributed by atoms with E-state index in [1.165, 1.54) is 22.9 Å². The molecule has 0 saturated heterocycles. The molecule has 16 heavy (non-hydrogen) atoms. The maximum atomic E-state index is 9.00. The monoisotopic (exact) mass is 249 g/mol. The zero-order chi connectivity index (χ0) is 12.3. The Morgan fingerprint density at radius 2 is 1.81 bits per heavy atom. The molecule has 0 aliphatic carbocycles. The molecule has 0 N–H and O–H groups in total. The van der Waals surface area contributed by atoms with Crippen molar-refractivity contribution in [3.63, 3.8) is 0 Å². The van der Waals surface area contributed by atoms with Gasteiger partial charge in [0.2, 0.25) is 0 Å². The molecule has 0 aliphatic rings. The van der Waals surface area contributed by atoms with E-state index < -0.39 is 4.75 Å². The molecule has 0 fully saturated rings. The summed E-state index contributed by atoms with van der Waals surface area (Å²) < 4.78 is 0.341. The number of nitrogens with zero attached hydrogens (tertiary/aromatic N) is 1. The van der Waals surface area contributed by atoms with E-state index in [1.807, 2.05) is 19.9 Å². The molecule has 0 aliphatic heterocycles. The smallest absolute Gasteiger partial charge is 0.102 e. The summed E-state index contributed by atoms with van der Waals surface area (Å²) in [5, 5.41) is 9.00. The van der Waals surface area contributed by atoms with Gasteiger partial charge < -0.3 is 0 Å². The number of hydrogen-bond donors (Lipinski definition) is 0. The Labute approximate surface area is 107 Å². The first-order chi connectivity index (χ1) is 7.37. The summed E-state index contributed by atoms with van der Waals surface area (Å²) in [4.78, 5) is 0. The molecular weight excluding hydrogens is 234 g/mol. The molecule has 0 radical (unpaired) electrons. The van der Waals surface area contributed by atoms with Gasteiger partial charge in [0, 0.05) is 5.56 Å². The van der Waals surface area contributed by atoms with Gasteiger partial charge in [-0.25, -0.2) is 0 Å². The van der Waals surface area contributed by atoms with Crippen molar-refractivity contribution in [3.05, 3.63) is 34.9 Å². The summed E-state index contributed by atoms with van der Waals surface area (Å²) in [5.41, 5.74) is 3.45. The van der Waals surface area contributed by atoms with Crippen LogP contribution in [0.5, 0.6) is 0 Å². The summed E-state index contributed by atoms with van der Waals surface area (Å²) in [6.07, 6.45) is 0. The average Bonchev–Trinajstić information content (AvgIpc) is 2.16. The summed E-state index contributed by atoms with van der Waals surface area (Å²) in [7, 11) is 0. The van der Waals surface area contributed by atoms with Gasteiger partial charge >= 0.3 is 0 Å². The van der Waals surface area contributed by atoms with E-state index in [1.54, 1.807) is 0 Å². The van der Waals surface area contributed by atoms with Crippen LogP contribution in [0.4, 0.5) is 0 Å². The lowest BCUT2D eigenvalue weighted by molar-refractivity contribution is 0.921. The van der Waals surface area contributed by atoms with E-state index >= 15 is 0 Å². The maximum absolute atomic E-state index is 9.00. The van der Waals surface area contributed by atoms with Crippen LogP contribution in [0.1, 0.15) is 30.5 Å². The quantitative estimate of drug-likeness (QED) is 0.740. The number of thioether (sulfide) groups is 1. The second-order valence-electron chi connectivity index (χ2n) is 4.28. The van der Waals surface area contributed by atoms with Crippen molar-refractivity contribution < 1.29 is 0 Å². The molecule has 0 bridgehead atoms. The molecule has 1 rings (SSSR count). The second kappa shape index (κ2) is 4.99. The molecule has 0 amide bonds. The zero-order valence-corrected chi connectivity index (χ0v) is 11.6. The second-order valence-corrected chi connectivity index (χ2v) is 6.58. The average molecular weight is 249 g/mol. The highest BCUT2D eigenvalue weighted by atomic mass is 32.2. The number of thiocarbonyl (C=S) groups is 1. The SMILES string of the molecule is Cc1cccc(C)c1C(=S)SC(C)(C)C#N. The highest BCUT2D eigenvalue weighted by Gasteiger charge is 2.22. The Hall–Kier alpha value is -0.850. The predicted octanol–water partition coefficient (Wildman–Crippen LogP) is 4.01. The lowest BCUT2D eigenvalue weighted by Gasteiger charge is -2.17. The first-order valence-corrected chi connectivity index (χ1v) is 6.30. The Morgan fingerprint density at radius 3 is 2.25 bits per heavy atom. The van der Waals surface area contributed by atoms with Crippen molar-refractivity contribution in [3.8, 4) is 6.07 Å². The molecule has 3 heteroatoms. The Bertz CT molecular complexity index is 435. The van der Waals surface area contributed by atoms with Crippen LogP contribution in [0, 0.1) is 25.2 Å². The largest absolute Gasteiger partial charge is 0.197 e. The van der Waals surface area contributed by atoms with Gasteiger partial charge in [-0.1, -0.05) is 42.2 Å². The summed E-state index contributed by atoms with van der Waals surface area (Å²) in [6.45, 7) is 7.87. The third kappa shape index (κ3) is 3.07. The first kappa shape index (κ1) is 13.2. The minimum atomic E-state index is -0.466. The van der Waals surface area contributed by atoms with Gasteiger partial charge in [-0.2, -0.15) is 5.26 Å². The van der Waals surface area contributed by atoms with Crippen molar-refractivity contribution in [1.29, 1.82) is 5.26 Å². The van der Waals surface area contributed by atoms with Gasteiger partial charge in [-0.3, -0.25) is 0 Å². The van der Waals surface area contributed by atoms with Crippen molar-refractivity contribution in [2.75, 3.05) is 0 Å². The highest BCUT2D eigenvalue weighted by Crippen LogP contribution is 2.30. The molecule has 0 unspecified atom stereocenters. The molecule has 0 saturated carbocycles. The summed E-state index contributed by atoms with van der Waals surface area (Å²) >= 11 is 6.88. The van der Waals surface area contributed by atoms with E-state index in [-0.39, 0.29) is 0 Å². The van der Waals surface area contributed by atoms with Crippen LogP contribution in [-0.2, 0) is 0 Å². The van der Waals surface area contributed by atoms with Crippen LogP contribution in [0.25, 0.3) is 0 Å². The van der Waals surface area contributed by atoms with Crippen LogP contribution in [-0.4, -0.2) is 8.94 Å². The Balaban J connectivity index is 3.04. The fourth-order valence-electron chi connectivity index (χ4n) is 1.44. The van der Waals surface area contributed by atoms with Crippen LogP contribution < -0.4 is 0 Å². The maximum Gasteiger partial charge on any atom is 0.102 e. The van der Waals surface area contributed by atoms with E-state index in [2.05, 4.69) is 32.0 Å². The molecule has 84 valence electrons. The fourth-order valence-corrected chi connectivity index (χ4v) is 3.32. The van der Waals surface area contributed by atoms with Crippen molar-refractivity contribution in [2.24, 2.45) is 0 Å². The van der Waals surface area contributed by atoms with Gasteiger partial charge in [0.05, 0.1) is 10.3 Å². The molecule has 0 atom stereocenters. The van der Waals surface area contributed by atoms with Crippen LogP contribution >= 0.6 is 24.0 Å². The van der Waals surface area contributed by atoms with Crippen molar-refractivity contribution >= 4 is 28.2 Å². The molecular formula is C13H15NS2. The van der Waals surface area contributed by atoms with Crippen molar-refractivity contribution in [1.82, 2.24) is 0 Å². The topological polar surface area (TPSA) is 23.8 Å². The summed E-state index contributed by atoms with van der Waals surface area (Å²) in [5.74, 6) is 0. The first-order valence-electron chi connectivity index (χ1n) is 5.08. The molecule has 1 aromatic carbocycles. The number of aryl methyl sites for hydroxylation is 2. The predicted molar refractivity (Wildman–Crippen MR) is 74.9 cm³/mol. The van der Waals surface area contributed by atoms with Crippen LogP contribution in [0.2, 0.25) is 0 Å². The number of benzene rings is 1. The van der Waals surface area contributed by atoms with Crippen LogP contribution in [0.3, 0.4) is 0 Å². The van der Waals surface area contributed by atoms with E-state index in [0.717, 1.165) is 9.76 Å². The zero-order valence-electron chi connectivity index (χ0n) is 10.00. The van der Waals surface area contributed by atoms with Crippen LogP contribution in [0.15, 0.2) is 18.2 Å². The molecule has 1 nitrogen and oxygen atoms in total. The highest BCUT2D eigenvalue weighted by molar-refractivity contribution is 8.24. The third-order valence-electron chi connectivity index (χ3n) is 2.30. The van der Waals surface area contributed by atoms with E-state index in [4.69, 9.17) is 17.5 Å². The third-order valence-corrected chi connectivity index (χ3v) is 3.75. The van der Waals surface area contributed by atoms with Gasteiger partial charge in [-0.15, -0.1) is 0 Å². The normalized spacial score (nSPS) is 10.9. The molecule has 0 heterocycles. The van der Waals surface area contributed by atoms with Crippen molar-refractivity contribution in [2.45, 2.75) is 32.4 Å². The number of hydrogen-bond acceptors (Lipinski definition) is 3. The minimum absolute atomic E-state index is 0.466. The number of rotatable bonds is 2. The molecule has 0 spiro atoms. The van der Waals surface area contributed by atoms with E-state index in [9.17, 15) is 0 Å². The molecule has 1 aromatic rings. The lowest BCUT2D eigenvalue weighted by atomic mass is 10.1. The Morgan fingerprint density at radius 1 is 1.31 bits per heavy atom. The van der Waals surface area contributed by atoms with Gasteiger partial charge in [-0.05, 0) is 38.8 Å². The van der Waals surface area contributed by atoms with E-state index in [0.29, 0.717) is 0 Å². The number of nitriles is 1. The van der Waals surface area contributed by atoms with Gasteiger partial charge in [0.25, 0.3) is 0 Å².